The molecule has 0 atom stereocenters. The number of furan rings is 1. The summed E-state index contributed by atoms with van der Waals surface area (Å²) >= 11 is 0. The van der Waals surface area contributed by atoms with Crippen LogP contribution < -0.4 is 15.5 Å². The van der Waals surface area contributed by atoms with E-state index >= 15 is 0 Å². The summed E-state index contributed by atoms with van der Waals surface area (Å²) in [6.07, 6.45) is 6.94. The van der Waals surface area contributed by atoms with Crippen LogP contribution in [0, 0.1) is 6.92 Å². The highest BCUT2D eigenvalue weighted by atomic mass is 16.5. The summed E-state index contributed by atoms with van der Waals surface area (Å²) < 4.78 is 17.0. The fraction of sp³-hybridized carbons (Fsp3) is 0.364. The quantitative estimate of drug-likeness (QED) is 0.717. The zero-order valence-corrected chi connectivity index (χ0v) is 15.8. The van der Waals surface area contributed by atoms with E-state index in [0.717, 1.165) is 31.2 Å². The predicted molar refractivity (Wildman–Crippen MR) is 105 cm³/mol. The predicted octanol–water partition coefficient (Wildman–Crippen LogP) is 4.19. The minimum atomic E-state index is -0.318. The molecule has 0 spiro atoms. The Labute approximate surface area is 162 Å². The number of ether oxygens (including phenoxy) is 1. The summed E-state index contributed by atoms with van der Waals surface area (Å²) in [5, 5.41) is 3.40. The van der Waals surface area contributed by atoms with Crippen molar-refractivity contribution >= 4 is 16.9 Å². The van der Waals surface area contributed by atoms with E-state index in [1.807, 2.05) is 13.0 Å². The smallest absolute Gasteiger partial charge is 0.258 e. The van der Waals surface area contributed by atoms with Crippen molar-refractivity contribution < 1.29 is 18.4 Å². The fourth-order valence-electron chi connectivity index (χ4n) is 3.65. The van der Waals surface area contributed by atoms with Crippen molar-refractivity contribution in [2.24, 2.45) is 0 Å². The van der Waals surface area contributed by atoms with Crippen molar-refractivity contribution in [1.29, 1.82) is 0 Å². The Morgan fingerprint density at radius 3 is 2.79 bits per heavy atom. The zero-order valence-electron chi connectivity index (χ0n) is 15.8. The monoisotopic (exact) mass is 381 g/mol. The lowest BCUT2D eigenvalue weighted by atomic mass is 9.95. The standard InChI is InChI=1S/C22H23NO5/c1-14-9-10-17-16(12-14)20(25)22(21(28-17)18-8-5-11-26-18)27-13-19(24)23-15-6-3-2-4-7-15/h5,8-12,15H,2-4,6-7,13H2,1H3,(H,23,24). The number of aryl methyl sites for hydroxylation is 1. The Morgan fingerprint density at radius 2 is 2.04 bits per heavy atom. The maximum absolute atomic E-state index is 13.0. The lowest BCUT2D eigenvalue weighted by Crippen LogP contribution is -2.39. The second-order valence-electron chi connectivity index (χ2n) is 7.26. The van der Waals surface area contributed by atoms with Gasteiger partial charge in [0.15, 0.2) is 12.4 Å². The van der Waals surface area contributed by atoms with Crippen LogP contribution in [0.5, 0.6) is 5.75 Å². The van der Waals surface area contributed by atoms with Crippen LogP contribution in [0.2, 0.25) is 0 Å². The molecule has 2 heterocycles. The van der Waals surface area contributed by atoms with Gasteiger partial charge in [0.1, 0.15) is 5.58 Å². The molecule has 4 rings (SSSR count). The summed E-state index contributed by atoms with van der Waals surface area (Å²) in [7, 11) is 0. The number of nitrogens with one attached hydrogen (secondary N) is 1. The number of hydrogen-bond donors (Lipinski definition) is 1. The van der Waals surface area contributed by atoms with Gasteiger partial charge in [-0.3, -0.25) is 9.59 Å². The van der Waals surface area contributed by atoms with Crippen molar-refractivity contribution in [3.05, 3.63) is 52.4 Å². The van der Waals surface area contributed by atoms with E-state index in [1.165, 1.54) is 12.7 Å². The molecule has 146 valence electrons. The molecular formula is C22H23NO5. The van der Waals surface area contributed by atoms with Gasteiger partial charge in [0.25, 0.3) is 5.91 Å². The van der Waals surface area contributed by atoms with Crippen molar-refractivity contribution in [3.8, 4) is 17.3 Å². The van der Waals surface area contributed by atoms with Gasteiger partial charge in [-0.25, -0.2) is 0 Å². The highest BCUT2D eigenvalue weighted by Crippen LogP contribution is 2.31. The summed E-state index contributed by atoms with van der Waals surface area (Å²) in [6.45, 7) is 1.66. The first-order valence-corrected chi connectivity index (χ1v) is 9.65. The molecule has 28 heavy (non-hydrogen) atoms. The van der Waals surface area contributed by atoms with E-state index in [4.69, 9.17) is 13.6 Å². The third kappa shape index (κ3) is 3.81. The third-order valence-electron chi connectivity index (χ3n) is 5.07. The molecule has 1 aromatic carbocycles. The van der Waals surface area contributed by atoms with Gasteiger partial charge < -0.3 is 18.9 Å². The highest BCUT2D eigenvalue weighted by Gasteiger charge is 2.22. The van der Waals surface area contributed by atoms with Crippen LogP contribution in [0.1, 0.15) is 37.7 Å². The van der Waals surface area contributed by atoms with Gasteiger partial charge in [-0.2, -0.15) is 0 Å². The van der Waals surface area contributed by atoms with Crippen molar-refractivity contribution in [3.63, 3.8) is 0 Å². The SMILES string of the molecule is Cc1ccc2oc(-c3ccco3)c(OCC(=O)NC3CCCCC3)c(=O)c2c1. The number of benzene rings is 1. The molecule has 1 aliphatic rings. The van der Waals surface area contributed by atoms with Gasteiger partial charge in [-0.1, -0.05) is 30.9 Å². The minimum absolute atomic E-state index is 0.00755. The van der Waals surface area contributed by atoms with E-state index in [-0.39, 0.29) is 35.5 Å². The fourth-order valence-corrected chi connectivity index (χ4v) is 3.65. The molecule has 6 heteroatoms. The average Bonchev–Trinajstić information content (AvgIpc) is 3.23. The molecule has 0 bridgehead atoms. The van der Waals surface area contributed by atoms with Crippen LogP contribution in [0.15, 0.2) is 50.2 Å². The maximum atomic E-state index is 13.0. The Hall–Kier alpha value is -3.02. The Bertz CT molecular complexity index is 1030. The van der Waals surface area contributed by atoms with Gasteiger partial charge in [-0.15, -0.1) is 0 Å². The van der Waals surface area contributed by atoms with Crippen molar-refractivity contribution in [2.75, 3.05) is 6.61 Å². The van der Waals surface area contributed by atoms with E-state index < -0.39 is 0 Å². The molecule has 3 aromatic rings. The number of fused-ring (bicyclic) bond motifs is 1. The molecule has 0 unspecified atom stereocenters. The van der Waals surface area contributed by atoms with Crippen LogP contribution in [0.4, 0.5) is 0 Å². The van der Waals surface area contributed by atoms with E-state index in [2.05, 4.69) is 5.32 Å². The van der Waals surface area contributed by atoms with Crippen molar-refractivity contribution in [2.45, 2.75) is 45.1 Å². The van der Waals surface area contributed by atoms with Crippen LogP contribution >= 0.6 is 0 Å². The lowest BCUT2D eigenvalue weighted by molar-refractivity contribution is -0.124. The molecule has 1 aliphatic carbocycles. The molecule has 1 N–H and O–H groups in total. The van der Waals surface area contributed by atoms with Crippen LogP contribution in [-0.2, 0) is 4.79 Å². The molecule has 1 saturated carbocycles. The lowest BCUT2D eigenvalue weighted by Gasteiger charge is -2.22. The summed E-state index contributed by atoms with van der Waals surface area (Å²) in [5.41, 5.74) is 1.06. The van der Waals surface area contributed by atoms with Crippen LogP contribution in [0.25, 0.3) is 22.5 Å². The molecule has 1 fully saturated rings. The molecular weight excluding hydrogens is 358 g/mol. The maximum Gasteiger partial charge on any atom is 0.258 e. The van der Waals surface area contributed by atoms with Crippen molar-refractivity contribution in [1.82, 2.24) is 5.32 Å². The Morgan fingerprint density at radius 1 is 1.21 bits per heavy atom. The second-order valence-corrected chi connectivity index (χ2v) is 7.26. The minimum Gasteiger partial charge on any atom is -0.476 e. The Kier molecular flexibility index (Phi) is 5.19. The second kappa shape index (κ2) is 7.92. The normalized spacial score (nSPS) is 14.9. The number of carbonyl (C=O) groups is 1. The highest BCUT2D eigenvalue weighted by molar-refractivity contribution is 5.82. The molecule has 0 radical (unpaired) electrons. The van der Waals surface area contributed by atoms with E-state index in [0.29, 0.717) is 16.7 Å². The average molecular weight is 381 g/mol. The van der Waals surface area contributed by atoms with Gasteiger partial charge in [0.05, 0.1) is 11.6 Å². The number of amides is 1. The van der Waals surface area contributed by atoms with Gasteiger partial charge in [-0.05, 0) is 44.0 Å². The first kappa shape index (κ1) is 18.3. The number of rotatable bonds is 5. The van der Waals surface area contributed by atoms with Gasteiger partial charge >= 0.3 is 0 Å². The molecule has 1 amide bonds. The number of carbonyl (C=O) groups excluding carboxylic acids is 1. The summed E-state index contributed by atoms with van der Waals surface area (Å²) in [5.74, 6) is 0.326. The van der Waals surface area contributed by atoms with Crippen LogP contribution in [0.3, 0.4) is 0 Å². The summed E-state index contributed by atoms with van der Waals surface area (Å²) in [6, 6.07) is 8.95. The van der Waals surface area contributed by atoms with E-state index in [1.54, 1.807) is 24.3 Å². The first-order valence-electron chi connectivity index (χ1n) is 9.65. The third-order valence-corrected chi connectivity index (χ3v) is 5.07. The van der Waals surface area contributed by atoms with E-state index in [9.17, 15) is 9.59 Å². The largest absolute Gasteiger partial charge is 0.476 e. The first-order chi connectivity index (χ1) is 13.6. The van der Waals surface area contributed by atoms with Gasteiger partial charge in [0, 0.05) is 6.04 Å². The zero-order chi connectivity index (χ0) is 19.5. The Balaban J connectivity index is 1.62. The molecule has 2 aromatic heterocycles. The van der Waals surface area contributed by atoms with Crippen LogP contribution in [-0.4, -0.2) is 18.6 Å². The summed E-state index contributed by atoms with van der Waals surface area (Å²) in [4.78, 5) is 25.4. The molecule has 0 aliphatic heterocycles. The molecule has 6 nitrogen and oxygen atoms in total. The topological polar surface area (TPSA) is 81.7 Å². The van der Waals surface area contributed by atoms with Gasteiger partial charge in [0.2, 0.25) is 16.9 Å². The number of hydrogen-bond acceptors (Lipinski definition) is 5. The molecule has 0 saturated heterocycles.